The van der Waals surface area contributed by atoms with Gasteiger partial charge < -0.3 is 15.3 Å². The highest BCUT2D eigenvalue weighted by molar-refractivity contribution is 7.99. The van der Waals surface area contributed by atoms with Crippen LogP contribution >= 0.6 is 11.8 Å². The average molecular weight is 272 g/mol. The molecule has 2 aliphatic heterocycles. The molecular weight excluding hydrogens is 252 g/mol. The van der Waals surface area contributed by atoms with Gasteiger partial charge in [0, 0.05) is 12.6 Å². The molecule has 2 aliphatic rings. The summed E-state index contributed by atoms with van der Waals surface area (Å²) in [6.45, 7) is 2.44. The van der Waals surface area contributed by atoms with Crippen LogP contribution in [-0.2, 0) is 4.79 Å². The number of likely N-dealkylation sites (tertiary alicyclic amines) is 1. The minimum absolute atomic E-state index is 0.0372. The predicted octanol–water partition coefficient (Wildman–Crippen LogP) is 1.39. The van der Waals surface area contributed by atoms with E-state index in [1.165, 1.54) is 4.90 Å². The first-order valence-corrected chi connectivity index (χ1v) is 7.62. The third kappa shape index (κ3) is 2.91. The molecule has 0 aromatic heterocycles. The molecule has 0 aromatic rings. The number of nitrogens with zero attached hydrogens (tertiary/aromatic N) is 1. The van der Waals surface area contributed by atoms with Gasteiger partial charge in [-0.2, -0.15) is 11.8 Å². The van der Waals surface area contributed by atoms with Gasteiger partial charge in [0.25, 0.3) is 0 Å². The van der Waals surface area contributed by atoms with E-state index in [9.17, 15) is 14.7 Å². The van der Waals surface area contributed by atoms with Crippen molar-refractivity contribution in [2.75, 3.05) is 18.1 Å². The van der Waals surface area contributed by atoms with E-state index < -0.39 is 12.0 Å². The lowest BCUT2D eigenvalue weighted by molar-refractivity contribution is -0.142. The number of aliphatic carboxylic acids is 1. The average Bonchev–Trinajstić information content (AvgIpc) is 2.72. The minimum Gasteiger partial charge on any atom is -0.480 e. The lowest BCUT2D eigenvalue weighted by atomic mass is 10.0. The molecule has 0 spiro atoms. The second-order valence-electron chi connectivity index (χ2n) is 5.08. The third-order valence-corrected chi connectivity index (χ3v) is 4.81. The number of urea groups is 1. The Balaban J connectivity index is 1.93. The molecule has 2 atom stereocenters. The Labute approximate surface area is 111 Å². The first kappa shape index (κ1) is 13.5. The Hall–Kier alpha value is -0.910. The van der Waals surface area contributed by atoms with Crippen LogP contribution in [0.5, 0.6) is 0 Å². The zero-order chi connectivity index (χ0) is 13.1. The summed E-state index contributed by atoms with van der Waals surface area (Å²) in [6, 6.07) is -0.657. The van der Waals surface area contributed by atoms with Crippen molar-refractivity contribution in [1.82, 2.24) is 10.2 Å². The van der Waals surface area contributed by atoms with Gasteiger partial charge in [0.1, 0.15) is 6.04 Å². The fraction of sp³-hybridized carbons (Fsp3) is 0.833. The molecule has 0 bridgehead atoms. The normalized spacial score (nSPS) is 29.3. The SMILES string of the molecule is CC1CCN(C(=O)NC2CCSCC2)C1C(=O)O. The molecule has 2 saturated heterocycles. The molecular formula is C12H20N2O3S. The van der Waals surface area contributed by atoms with E-state index in [0.717, 1.165) is 30.8 Å². The summed E-state index contributed by atoms with van der Waals surface area (Å²) in [5, 5.41) is 12.2. The fourth-order valence-corrected chi connectivity index (χ4v) is 3.76. The highest BCUT2D eigenvalue weighted by Crippen LogP contribution is 2.25. The molecule has 0 saturated carbocycles. The number of hydrogen-bond acceptors (Lipinski definition) is 3. The zero-order valence-corrected chi connectivity index (χ0v) is 11.4. The molecule has 2 unspecified atom stereocenters. The van der Waals surface area contributed by atoms with Crippen LogP contribution in [0.25, 0.3) is 0 Å². The summed E-state index contributed by atoms with van der Waals surface area (Å²) in [6.07, 6.45) is 2.74. The van der Waals surface area contributed by atoms with Crippen molar-refractivity contribution < 1.29 is 14.7 Å². The van der Waals surface area contributed by atoms with Crippen LogP contribution in [-0.4, -0.2) is 52.1 Å². The second kappa shape index (κ2) is 5.82. The Morgan fingerprint density at radius 2 is 1.94 bits per heavy atom. The summed E-state index contributed by atoms with van der Waals surface area (Å²) in [4.78, 5) is 24.8. The van der Waals surface area contributed by atoms with Crippen molar-refractivity contribution in [2.45, 2.75) is 38.3 Å². The molecule has 0 aliphatic carbocycles. The molecule has 102 valence electrons. The van der Waals surface area contributed by atoms with Gasteiger partial charge in [0.05, 0.1) is 0 Å². The number of rotatable bonds is 2. The van der Waals surface area contributed by atoms with E-state index in [1.54, 1.807) is 0 Å². The topological polar surface area (TPSA) is 69.6 Å². The maximum Gasteiger partial charge on any atom is 0.326 e. The van der Waals surface area contributed by atoms with Crippen molar-refractivity contribution in [2.24, 2.45) is 5.92 Å². The standard InChI is InChI=1S/C12H20N2O3S/c1-8-2-5-14(10(8)11(15)16)12(17)13-9-3-6-18-7-4-9/h8-10H,2-7H2,1H3,(H,13,17)(H,15,16). The molecule has 18 heavy (non-hydrogen) atoms. The van der Waals surface area contributed by atoms with Crippen LogP contribution < -0.4 is 5.32 Å². The van der Waals surface area contributed by atoms with Gasteiger partial charge in [0.15, 0.2) is 0 Å². The number of thioether (sulfide) groups is 1. The van der Waals surface area contributed by atoms with Gasteiger partial charge in [-0.05, 0) is 36.7 Å². The molecule has 2 amide bonds. The number of nitrogens with one attached hydrogen (secondary N) is 1. The number of hydrogen-bond donors (Lipinski definition) is 2. The number of amides is 2. The molecule has 0 radical (unpaired) electrons. The number of carbonyl (C=O) groups is 2. The molecule has 0 aromatic carbocycles. The van der Waals surface area contributed by atoms with Gasteiger partial charge in [-0.3, -0.25) is 0 Å². The maximum absolute atomic E-state index is 12.1. The van der Waals surface area contributed by atoms with Gasteiger partial charge in [-0.1, -0.05) is 6.92 Å². The Bertz CT molecular complexity index is 331. The predicted molar refractivity (Wildman–Crippen MR) is 70.8 cm³/mol. The minimum atomic E-state index is -0.894. The van der Waals surface area contributed by atoms with Crippen LogP contribution in [0.2, 0.25) is 0 Å². The van der Waals surface area contributed by atoms with Crippen molar-refractivity contribution in [1.29, 1.82) is 0 Å². The molecule has 2 heterocycles. The number of carboxylic acids is 1. The van der Waals surface area contributed by atoms with Crippen LogP contribution in [0.3, 0.4) is 0 Å². The van der Waals surface area contributed by atoms with E-state index in [4.69, 9.17) is 0 Å². The van der Waals surface area contributed by atoms with E-state index in [2.05, 4.69) is 5.32 Å². The van der Waals surface area contributed by atoms with Gasteiger partial charge in [-0.15, -0.1) is 0 Å². The van der Waals surface area contributed by atoms with Crippen LogP contribution in [0.4, 0.5) is 4.79 Å². The molecule has 2 N–H and O–H groups in total. The summed E-state index contributed by atoms with van der Waals surface area (Å²) >= 11 is 1.90. The van der Waals surface area contributed by atoms with Crippen molar-refractivity contribution in [3.8, 4) is 0 Å². The van der Waals surface area contributed by atoms with Crippen LogP contribution in [0, 0.1) is 5.92 Å². The number of carbonyl (C=O) groups excluding carboxylic acids is 1. The first-order valence-electron chi connectivity index (χ1n) is 6.47. The Morgan fingerprint density at radius 1 is 1.28 bits per heavy atom. The van der Waals surface area contributed by atoms with Crippen LogP contribution in [0.1, 0.15) is 26.2 Å². The summed E-state index contributed by atoms with van der Waals surface area (Å²) in [7, 11) is 0. The summed E-state index contributed by atoms with van der Waals surface area (Å²) < 4.78 is 0. The van der Waals surface area contributed by atoms with E-state index in [-0.39, 0.29) is 18.0 Å². The Kier molecular flexibility index (Phi) is 4.37. The quantitative estimate of drug-likeness (QED) is 0.797. The highest BCUT2D eigenvalue weighted by Gasteiger charge is 2.39. The first-order chi connectivity index (χ1) is 8.59. The lowest BCUT2D eigenvalue weighted by Crippen LogP contribution is -2.50. The third-order valence-electron chi connectivity index (χ3n) is 3.76. The van der Waals surface area contributed by atoms with E-state index >= 15 is 0 Å². The second-order valence-corrected chi connectivity index (χ2v) is 6.30. The zero-order valence-electron chi connectivity index (χ0n) is 10.6. The van der Waals surface area contributed by atoms with E-state index in [1.807, 2.05) is 18.7 Å². The van der Waals surface area contributed by atoms with Crippen molar-refractivity contribution in [3.05, 3.63) is 0 Å². The fourth-order valence-electron chi connectivity index (χ4n) is 2.65. The molecule has 2 fully saturated rings. The van der Waals surface area contributed by atoms with Crippen molar-refractivity contribution >= 4 is 23.8 Å². The maximum atomic E-state index is 12.1. The van der Waals surface area contributed by atoms with Crippen LogP contribution in [0.15, 0.2) is 0 Å². The van der Waals surface area contributed by atoms with E-state index in [0.29, 0.717) is 6.54 Å². The largest absolute Gasteiger partial charge is 0.480 e. The smallest absolute Gasteiger partial charge is 0.326 e. The van der Waals surface area contributed by atoms with Gasteiger partial charge >= 0.3 is 12.0 Å². The van der Waals surface area contributed by atoms with Crippen molar-refractivity contribution in [3.63, 3.8) is 0 Å². The number of carboxylic acid groups (broad SMARTS) is 1. The van der Waals surface area contributed by atoms with Gasteiger partial charge in [-0.25, -0.2) is 9.59 Å². The summed E-state index contributed by atoms with van der Waals surface area (Å²) in [5.74, 6) is 1.29. The molecule has 2 rings (SSSR count). The molecule has 5 nitrogen and oxygen atoms in total. The highest BCUT2D eigenvalue weighted by atomic mass is 32.2. The van der Waals surface area contributed by atoms with Gasteiger partial charge in [0.2, 0.25) is 0 Å². The monoisotopic (exact) mass is 272 g/mol. The Morgan fingerprint density at radius 3 is 2.56 bits per heavy atom. The summed E-state index contributed by atoms with van der Waals surface area (Å²) in [5.41, 5.74) is 0. The lowest BCUT2D eigenvalue weighted by Gasteiger charge is -2.28. The molecule has 6 heteroatoms.